The number of likely N-dealkylation sites (tertiary alicyclic amines) is 1. The van der Waals surface area contributed by atoms with Gasteiger partial charge in [0.05, 0.1) is 7.11 Å². The van der Waals surface area contributed by atoms with Crippen molar-refractivity contribution in [1.29, 1.82) is 0 Å². The van der Waals surface area contributed by atoms with E-state index in [1.165, 1.54) is 19.2 Å². The van der Waals surface area contributed by atoms with Crippen LogP contribution in [0.25, 0.3) is 0 Å². The van der Waals surface area contributed by atoms with Gasteiger partial charge in [0, 0.05) is 19.2 Å². The van der Waals surface area contributed by atoms with Crippen molar-refractivity contribution in [3.05, 3.63) is 59.7 Å². The van der Waals surface area contributed by atoms with E-state index in [0.717, 1.165) is 5.56 Å². The maximum Gasteiger partial charge on any atom is 0.340 e. The molecule has 1 saturated heterocycles. The van der Waals surface area contributed by atoms with E-state index in [1.54, 1.807) is 41.3 Å². The first-order valence-electron chi connectivity index (χ1n) is 9.12. The van der Waals surface area contributed by atoms with E-state index in [4.69, 9.17) is 10.5 Å². The number of nitrogens with zero attached hydrogens (tertiary/aromatic N) is 1. The number of carbonyl (C=O) groups excluding carboxylic acids is 2. The Kier molecular flexibility index (Phi) is 5.56. The average Bonchev–Trinajstić information content (AvgIpc) is 2.73. The molecule has 3 rings (SSSR count). The van der Waals surface area contributed by atoms with Crippen LogP contribution in [0, 0.1) is 0 Å². The number of aromatic hydroxyl groups is 2. The van der Waals surface area contributed by atoms with E-state index in [-0.39, 0.29) is 17.4 Å². The van der Waals surface area contributed by atoms with Gasteiger partial charge in [-0.3, -0.25) is 4.79 Å². The van der Waals surface area contributed by atoms with Crippen molar-refractivity contribution in [2.24, 2.45) is 5.73 Å². The minimum atomic E-state index is -1.90. The summed E-state index contributed by atoms with van der Waals surface area (Å²) in [5.74, 6) is -1.22. The van der Waals surface area contributed by atoms with Crippen molar-refractivity contribution in [3.63, 3.8) is 0 Å². The van der Waals surface area contributed by atoms with Gasteiger partial charge in [-0.2, -0.15) is 0 Å². The summed E-state index contributed by atoms with van der Waals surface area (Å²) in [6.45, 7) is 0.791. The minimum absolute atomic E-state index is 0.00252. The standard InChI is InChI=1S/C21H24N2O5/c1-28-20(27)21(22,15-5-3-2-4-6-15)19(26)23-11-9-14(10-12-23)17-8-7-16(24)13-18(17)25/h2-8,13-14,24-25H,9-12,22H2,1H3. The molecule has 1 amide bonds. The predicted molar refractivity (Wildman–Crippen MR) is 103 cm³/mol. The first kappa shape index (κ1) is 19.7. The van der Waals surface area contributed by atoms with E-state index in [1.807, 2.05) is 0 Å². The Hall–Kier alpha value is -3.06. The predicted octanol–water partition coefficient (Wildman–Crippen LogP) is 1.83. The number of benzene rings is 2. The number of phenolic OH excluding ortho intramolecular Hbond substituents is 2. The van der Waals surface area contributed by atoms with E-state index < -0.39 is 17.4 Å². The summed E-state index contributed by atoms with van der Waals surface area (Å²) in [5, 5.41) is 19.5. The first-order valence-corrected chi connectivity index (χ1v) is 9.12. The van der Waals surface area contributed by atoms with Gasteiger partial charge >= 0.3 is 5.97 Å². The van der Waals surface area contributed by atoms with E-state index >= 15 is 0 Å². The lowest BCUT2D eigenvalue weighted by atomic mass is 9.85. The third-order valence-corrected chi connectivity index (χ3v) is 5.31. The highest BCUT2D eigenvalue weighted by molar-refractivity contribution is 6.07. The van der Waals surface area contributed by atoms with Crippen molar-refractivity contribution in [1.82, 2.24) is 4.90 Å². The quantitative estimate of drug-likeness (QED) is 0.548. The summed E-state index contributed by atoms with van der Waals surface area (Å²) >= 11 is 0. The smallest absolute Gasteiger partial charge is 0.340 e. The van der Waals surface area contributed by atoms with Crippen LogP contribution in [0.3, 0.4) is 0 Å². The Balaban J connectivity index is 1.78. The van der Waals surface area contributed by atoms with Crippen LogP contribution in [0.1, 0.15) is 29.9 Å². The summed E-state index contributed by atoms with van der Waals surface area (Å²) in [5.41, 5.74) is 5.52. The molecule has 1 aliphatic heterocycles. The topological polar surface area (TPSA) is 113 Å². The fraction of sp³-hybridized carbons (Fsp3) is 0.333. The van der Waals surface area contributed by atoms with E-state index in [2.05, 4.69) is 0 Å². The molecule has 28 heavy (non-hydrogen) atoms. The number of piperidine rings is 1. The number of rotatable bonds is 4. The molecule has 148 valence electrons. The number of hydrogen-bond donors (Lipinski definition) is 3. The van der Waals surface area contributed by atoms with Crippen LogP contribution in [0.4, 0.5) is 0 Å². The molecule has 0 spiro atoms. The van der Waals surface area contributed by atoms with Crippen LogP contribution >= 0.6 is 0 Å². The summed E-state index contributed by atoms with van der Waals surface area (Å²) in [6.07, 6.45) is 1.21. The Morgan fingerprint density at radius 1 is 1.11 bits per heavy atom. The third-order valence-electron chi connectivity index (χ3n) is 5.31. The van der Waals surface area contributed by atoms with E-state index in [0.29, 0.717) is 31.5 Å². The number of nitrogens with two attached hydrogens (primary N) is 1. The zero-order valence-electron chi connectivity index (χ0n) is 15.7. The van der Waals surface area contributed by atoms with Crippen molar-refractivity contribution in [2.45, 2.75) is 24.3 Å². The largest absolute Gasteiger partial charge is 0.508 e. The van der Waals surface area contributed by atoms with E-state index in [9.17, 15) is 19.8 Å². The summed E-state index contributed by atoms with van der Waals surface area (Å²) in [6, 6.07) is 13.0. The van der Waals surface area contributed by atoms with Gasteiger partial charge in [0.2, 0.25) is 5.54 Å². The van der Waals surface area contributed by atoms with Crippen molar-refractivity contribution >= 4 is 11.9 Å². The molecule has 2 aromatic rings. The zero-order valence-corrected chi connectivity index (χ0v) is 15.7. The van der Waals surface area contributed by atoms with Crippen molar-refractivity contribution in [3.8, 4) is 11.5 Å². The van der Waals surface area contributed by atoms with Gasteiger partial charge in [-0.25, -0.2) is 4.79 Å². The van der Waals surface area contributed by atoms with Crippen molar-refractivity contribution in [2.75, 3.05) is 20.2 Å². The Morgan fingerprint density at radius 3 is 2.32 bits per heavy atom. The fourth-order valence-corrected chi connectivity index (χ4v) is 3.71. The van der Waals surface area contributed by atoms with Gasteiger partial charge in [-0.1, -0.05) is 36.4 Å². The molecule has 1 fully saturated rings. The average molecular weight is 384 g/mol. The maximum atomic E-state index is 13.2. The molecule has 0 saturated carbocycles. The van der Waals surface area contributed by atoms with Gasteiger partial charge < -0.3 is 25.6 Å². The van der Waals surface area contributed by atoms with Gasteiger partial charge in [-0.05, 0) is 36.0 Å². The number of esters is 1. The second kappa shape index (κ2) is 7.90. The van der Waals surface area contributed by atoms with Crippen molar-refractivity contribution < 1.29 is 24.5 Å². The SMILES string of the molecule is COC(=O)C(N)(C(=O)N1CCC(c2ccc(O)cc2O)CC1)c1ccccc1. The van der Waals surface area contributed by atoms with Crippen LogP contribution in [-0.4, -0.2) is 47.2 Å². The number of amides is 1. The van der Waals surface area contributed by atoms with Crippen LogP contribution in [0.15, 0.2) is 48.5 Å². The van der Waals surface area contributed by atoms with Crippen LogP contribution < -0.4 is 5.73 Å². The third kappa shape index (κ3) is 3.53. The highest BCUT2D eigenvalue weighted by Crippen LogP contribution is 2.36. The molecule has 0 aromatic heterocycles. The van der Waals surface area contributed by atoms with Gasteiger partial charge in [-0.15, -0.1) is 0 Å². The monoisotopic (exact) mass is 384 g/mol. The van der Waals surface area contributed by atoms with Gasteiger partial charge in [0.25, 0.3) is 5.91 Å². The molecule has 0 bridgehead atoms. The molecule has 1 atom stereocenters. The number of methoxy groups -OCH3 is 1. The molecule has 1 heterocycles. The summed E-state index contributed by atoms with van der Waals surface area (Å²) in [7, 11) is 1.21. The first-order chi connectivity index (χ1) is 13.4. The number of carbonyl (C=O) groups is 2. The Morgan fingerprint density at radius 2 is 1.75 bits per heavy atom. The number of ether oxygens (including phenoxy) is 1. The second-order valence-corrected chi connectivity index (χ2v) is 6.98. The van der Waals surface area contributed by atoms with Gasteiger partial charge in [0.15, 0.2) is 0 Å². The molecule has 7 nitrogen and oxygen atoms in total. The zero-order chi connectivity index (χ0) is 20.3. The van der Waals surface area contributed by atoms with Crippen LogP contribution in [0.2, 0.25) is 0 Å². The molecule has 2 aromatic carbocycles. The molecular formula is C21H24N2O5. The molecule has 4 N–H and O–H groups in total. The normalized spacial score (nSPS) is 17.0. The number of phenols is 2. The molecule has 0 aliphatic carbocycles. The summed E-state index contributed by atoms with van der Waals surface area (Å²) < 4.78 is 4.83. The lowest BCUT2D eigenvalue weighted by molar-refractivity contribution is -0.157. The van der Waals surface area contributed by atoms with Crippen LogP contribution in [-0.2, 0) is 19.9 Å². The molecule has 1 unspecified atom stereocenters. The Bertz CT molecular complexity index is 862. The Labute approximate surface area is 163 Å². The highest BCUT2D eigenvalue weighted by atomic mass is 16.5. The van der Waals surface area contributed by atoms with Crippen LogP contribution in [0.5, 0.6) is 11.5 Å². The molecule has 7 heteroatoms. The minimum Gasteiger partial charge on any atom is -0.508 e. The maximum absolute atomic E-state index is 13.2. The lowest BCUT2D eigenvalue weighted by Crippen LogP contribution is -2.59. The second-order valence-electron chi connectivity index (χ2n) is 6.98. The highest BCUT2D eigenvalue weighted by Gasteiger charge is 2.48. The lowest BCUT2D eigenvalue weighted by Gasteiger charge is -2.37. The molecule has 0 radical (unpaired) electrons. The summed E-state index contributed by atoms with van der Waals surface area (Å²) in [4.78, 5) is 27.2. The fourth-order valence-electron chi connectivity index (χ4n) is 3.71. The number of hydrogen-bond acceptors (Lipinski definition) is 6. The van der Waals surface area contributed by atoms with Gasteiger partial charge in [0.1, 0.15) is 11.5 Å². The molecular weight excluding hydrogens is 360 g/mol. The molecule has 1 aliphatic rings.